The van der Waals surface area contributed by atoms with Crippen LogP contribution in [-0.2, 0) is 10.3 Å². The summed E-state index contributed by atoms with van der Waals surface area (Å²) in [5, 5.41) is 4.95. The first-order valence-corrected chi connectivity index (χ1v) is 10.7. The molecule has 0 saturated carbocycles. The van der Waals surface area contributed by atoms with Gasteiger partial charge in [0.1, 0.15) is 11.1 Å². The number of rotatable bonds is 2. The molecule has 1 fully saturated rings. The molecular weight excluding hydrogens is 404 g/mol. The van der Waals surface area contributed by atoms with Gasteiger partial charge in [0, 0.05) is 42.6 Å². The Morgan fingerprint density at radius 2 is 1.69 bits per heavy atom. The van der Waals surface area contributed by atoms with Gasteiger partial charge in [-0.15, -0.1) is 0 Å². The van der Waals surface area contributed by atoms with E-state index in [9.17, 15) is 9.59 Å². The van der Waals surface area contributed by atoms with Gasteiger partial charge >= 0.3 is 5.97 Å². The van der Waals surface area contributed by atoms with Crippen molar-refractivity contribution in [3.63, 3.8) is 0 Å². The topological polar surface area (TPSA) is 72.6 Å². The number of aromatic nitrogens is 1. The number of carbonyl (C=O) groups excluding carboxylic acids is 2. The molecule has 3 heterocycles. The molecule has 6 rings (SSSR count). The third-order valence-electron chi connectivity index (χ3n) is 6.54. The zero-order chi connectivity index (χ0) is 21.7. The molecular formula is C26H20N2O4. The highest BCUT2D eigenvalue weighted by atomic mass is 16.6. The Bertz CT molecular complexity index is 1350. The minimum atomic E-state index is -0.622. The number of amides is 1. The van der Waals surface area contributed by atoms with Crippen molar-refractivity contribution in [2.24, 2.45) is 0 Å². The number of carbonyl (C=O) groups is 2. The summed E-state index contributed by atoms with van der Waals surface area (Å²) in [5.41, 5.74) is 3.18. The van der Waals surface area contributed by atoms with Crippen LogP contribution in [0.15, 0.2) is 77.3 Å². The first-order valence-electron chi connectivity index (χ1n) is 10.7. The summed E-state index contributed by atoms with van der Waals surface area (Å²) >= 11 is 0. The third kappa shape index (κ3) is 2.83. The molecule has 1 aromatic heterocycles. The molecule has 6 heteroatoms. The Balaban J connectivity index is 1.26. The van der Waals surface area contributed by atoms with Crippen molar-refractivity contribution in [2.45, 2.75) is 18.4 Å². The lowest BCUT2D eigenvalue weighted by molar-refractivity contribution is -0.0389. The fourth-order valence-electron chi connectivity index (χ4n) is 4.84. The van der Waals surface area contributed by atoms with Gasteiger partial charge in [0.2, 0.25) is 0 Å². The summed E-state index contributed by atoms with van der Waals surface area (Å²) in [6.07, 6.45) is 1.18. The normalized spacial score (nSPS) is 16.9. The van der Waals surface area contributed by atoms with Gasteiger partial charge in [-0.2, -0.15) is 0 Å². The average Bonchev–Trinajstić information content (AvgIpc) is 3.39. The molecule has 0 aliphatic carbocycles. The molecule has 0 radical (unpaired) electrons. The predicted octanol–water partition coefficient (Wildman–Crippen LogP) is 4.80. The zero-order valence-corrected chi connectivity index (χ0v) is 17.3. The molecule has 2 aliphatic rings. The highest BCUT2D eigenvalue weighted by Gasteiger charge is 2.47. The Hall–Kier alpha value is -3.93. The van der Waals surface area contributed by atoms with Gasteiger partial charge in [0.05, 0.1) is 10.9 Å². The standard InChI is InChI=1S/C26H20N2O4/c29-24(18-10-11-22-20(16-18)23(32-27-22)17-6-2-1-3-7-17)28-14-12-26(13-15-28)21-9-5-4-8-19(21)25(30)31-26/h1-11,16H,12-15H2. The van der Waals surface area contributed by atoms with E-state index in [1.54, 1.807) is 6.07 Å². The number of hydrogen-bond acceptors (Lipinski definition) is 5. The van der Waals surface area contributed by atoms with Crippen LogP contribution in [0.4, 0.5) is 0 Å². The molecule has 1 saturated heterocycles. The molecule has 3 aromatic carbocycles. The van der Waals surface area contributed by atoms with Crippen molar-refractivity contribution in [1.29, 1.82) is 0 Å². The molecule has 1 amide bonds. The summed E-state index contributed by atoms with van der Waals surface area (Å²) < 4.78 is 11.4. The minimum Gasteiger partial charge on any atom is -0.450 e. The minimum absolute atomic E-state index is 0.0421. The molecule has 0 unspecified atom stereocenters. The van der Waals surface area contributed by atoms with E-state index in [0.717, 1.165) is 16.5 Å². The van der Waals surface area contributed by atoms with Gasteiger partial charge in [0.25, 0.3) is 5.91 Å². The number of hydrogen-bond donors (Lipinski definition) is 0. The summed E-state index contributed by atoms with van der Waals surface area (Å²) in [5.74, 6) is 0.341. The average molecular weight is 424 g/mol. The number of piperidine rings is 1. The number of fused-ring (bicyclic) bond motifs is 3. The van der Waals surface area contributed by atoms with Gasteiger partial charge in [-0.3, -0.25) is 4.79 Å². The monoisotopic (exact) mass is 424 g/mol. The van der Waals surface area contributed by atoms with E-state index < -0.39 is 5.60 Å². The predicted molar refractivity (Wildman–Crippen MR) is 118 cm³/mol. The van der Waals surface area contributed by atoms with Gasteiger partial charge in [0.15, 0.2) is 5.76 Å². The van der Waals surface area contributed by atoms with Crippen LogP contribution in [0.5, 0.6) is 0 Å². The Kier molecular flexibility index (Phi) is 4.15. The highest BCUT2D eigenvalue weighted by Crippen LogP contribution is 2.44. The van der Waals surface area contributed by atoms with Gasteiger partial charge in [-0.1, -0.05) is 53.7 Å². The molecule has 158 valence electrons. The lowest BCUT2D eigenvalue weighted by Gasteiger charge is -2.38. The number of nitrogens with zero attached hydrogens (tertiary/aromatic N) is 2. The van der Waals surface area contributed by atoms with E-state index in [1.165, 1.54) is 0 Å². The largest absolute Gasteiger partial charge is 0.450 e. The number of likely N-dealkylation sites (tertiary alicyclic amines) is 1. The van der Waals surface area contributed by atoms with Crippen molar-refractivity contribution in [2.75, 3.05) is 13.1 Å². The van der Waals surface area contributed by atoms with Crippen LogP contribution in [0.1, 0.15) is 39.1 Å². The molecule has 0 atom stereocenters. The van der Waals surface area contributed by atoms with Crippen LogP contribution in [0.3, 0.4) is 0 Å². The van der Waals surface area contributed by atoms with Crippen molar-refractivity contribution in [3.8, 4) is 11.3 Å². The van der Waals surface area contributed by atoms with Crippen LogP contribution in [0, 0.1) is 0 Å². The molecule has 1 spiro atoms. The van der Waals surface area contributed by atoms with E-state index >= 15 is 0 Å². The second kappa shape index (κ2) is 7.05. The van der Waals surface area contributed by atoms with Crippen LogP contribution in [0.2, 0.25) is 0 Å². The van der Waals surface area contributed by atoms with Crippen molar-refractivity contribution < 1.29 is 18.8 Å². The number of ether oxygens (including phenoxy) is 1. The highest BCUT2D eigenvalue weighted by molar-refractivity contribution is 6.01. The van der Waals surface area contributed by atoms with Crippen LogP contribution >= 0.6 is 0 Å². The Morgan fingerprint density at radius 1 is 0.938 bits per heavy atom. The molecule has 6 nitrogen and oxygen atoms in total. The summed E-state index contributed by atoms with van der Waals surface area (Å²) in [4.78, 5) is 27.4. The van der Waals surface area contributed by atoms with Crippen LogP contribution in [0.25, 0.3) is 22.2 Å². The molecule has 0 N–H and O–H groups in total. The van der Waals surface area contributed by atoms with Gasteiger partial charge in [-0.05, 0) is 24.3 Å². The summed E-state index contributed by atoms with van der Waals surface area (Å²) in [6, 6.07) is 22.7. The SMILES string of the molecule is O=C1OC2(CCN(C(=O)c3ccc4noc(-c5ccccc5)c4c3)CC2)c2ccccc21. The van der Waals surface area contributed by atoms with Gasteiger partial charge in [-0.25, -0.2) is 4.79 Å². The van der Waals surface area contributed by atoms with E-state index in [1.807, 2.05) is 71.6 Å². The molecule has 0 bridgehead atoms. The Morgan fingerprint density at radius 3 is 2.50 bits per heavy atom. The van der Waals surface area contributed by atoms with E-state index in [0.29, 0.717) is 48.3 Å². The second-order valence-corrected chi connectivity index (χ2v) is 8.33. The smallest absolute Gasteiger partial charge is 0.339 e. The Labute approximate surface area is 184 Å². The fraction of sp³-hybridized carbons (Fsp3) is 0.192. The number of benzene rings is 3. The van der Waals surface area contributed by atoms with E-state index in [4.69, 9.17) is 9.26 Å². The van der Waals surface area contributed by atoms with Crippen molar-refractivity contribution >= 4 is 22.8 Å². The van der Waals surface area contributed by atoms with Crippen molar-refractivity contribution in [3.05, 3.63) is 89.5 Å². The fourth-order valence-corrected chi connectivity index (χ4v) is 4.84. The van der Waals surface area contributed by atoms with Crippen LogP contribution in [-0.4, -0.2) is 35.0 Å². The summed E-state index contributed by atoms with van der Waals surface area (Å²) in [7, 11) is 0. The molecule has 2 aliphatic heterocycles. The lowest BCUT2D eigenvalue weighted by atomic mass is 9.83. The number of esters is 1. The lowest BCUT2D eigenvalue weighted by Crippen LogP contribution is -2.45. The maximum Gasteiger partial charge on any atom is 0.339 e. The zero-order valence-electron chi connectivity index (χ0n) is 17.3. The van der Waals surface area contributed by atoms with E-state index in [2.05, 4.69) is 5.16 Å². The van der Waals surface area contributed by atoms with Crippen molar-refractivity contribution in [1.82, 2.24) is 10.1 Å². The summed E-state index contributed by atoms with van der Waals surface area (Å²) in [6.45, 7) is 1.04. The van der Waals surface area contributed by atoms with E-state index in [-0.39, 0.29) is 11.9 Å². The quantitative estimate of drug-likeness (QED) is 0.433. The maximum atomic E-state index is 13.3. The first-order chi connectivity index (χ1) is 15.6. The maximum absolute atomic E-state index is 13.3. The second-order valence-electron chi connectivity index (χ2n) is 8.33. The third-order valence-corrected chi connectivity index (χ3v) is 6.54. The van der Waals surface area contributed by atoms with Gasteiger partial charge < -0.3 is 14.2 Å². The first kappa shape index (κ1) is 18.8. The molecule has 32 heavy (non-hydrogen) atoms. The molecule has 4 aromatic rings. The van der Waals surface area contributed by atoms with Crippen LogP contribution < -0.4 is 0 Å².